The zero-order chi connectivity index (χ0) is 5.82. The topological polar surface area (TPSA) is 36.0 Å². The van der Waals surface area contributed by atoms with E-state index in [1.165, 1.54) is 0 Å². The van der Waals surface area contributed by atoms with Crippen LogP contribution >= 0.6 is 0 Å². The number of hydroxylamine groups is 2. The van der Waals surface area contributed by atoms with Crippen molar-refractivity contribution in [2.24, 2.45) is 0 Å². The van der Waals surface area contributed by atoms with Gasteiger partial charge in [0, 0.05) is 0 Å². The fraction of sp³-hybridized carbons (Fsp3) is 0.400. The Hall–Kier alpha value is -1.19. The molecule has 0 aliphatic carbocycles. The van der Waals surface area contributed by atoms with Crippen molar-refractivity contribution in [3.8, 4) is 18.1 Å². The van der Waals surface area contributed by atoms with Gasteiger partial charge in [-0.1, -0.05) is 0 Å². The average Bonchev–Trinajstić information content (AvgIpc) is 2.51. The average molecular weight is 108 g/mol. The van der Waals surface area contributed by atoms with Gasteiger partial charge >= 0.3 is 0 Å². The lowest BCUT2D eigenvalue weighted by Gasteiger charge is -1.87. The predicted molar refractivity (Wildman–Crippen MR) is 26.0 cm³/mol. The van der Waals surface area contributed by atoms with Crippen molar-refractivity contribution < 1.29 is 4.84 Å². The molecular weight excluding hydrogens is 104 g/mol. The van der Waals surface area contributed by atoms with Crippen LogP contribution < -0.4 is 0 Å². The van der Waals surface area contributed by atoms with Gasteiger partial charge in [-0.15, -0.1) is 5.06 Å². The zero-order valence-electron chi connectivity index (χ0n) is 4.22. The minimum absolute atomic E-state index is 0.931. The molecule has 1 fully saturated rings. The third kappa shape index (κ3) is 1.51. The Labute approximate surface area is 47.4 Å². The van der Waals surface area contributed by atoms with Crippen molar-refractivity contribution in [3.63, 3.8) is 0 Å². The minimum Gasteiger partial charge on any atom is -0.352 e. The number of hydrogen-bond acceptors (Lipinski definition) is 3. The molecule has 0 aromatic carbocycles. The Kier molecular flexibility index (Phi) is 1.37. The highest BCUT2D eigenvalue weighted by Gasteiger charge is 2.17. The van der Waals surface area contributed by atoms with Crippen molar-refractivity contribution in [3.05, 3.63) is 0 Å². The number of hydrogen-bond donors (Lipinski definition) is 0. The summed E-state index contributed by atoms with van der Waals surface area (Å²) in [6.07, 6.45) is 2.21. The van der Waals surface area contributed by atoms with Gasteiger partial charge in [-0.3, -0.25) is 0 Å². The number of nitriles is 1. The summed E-state index contributed by atoms with van der Waals surface area (Å²) in [6.45, 7) is 1.86. The lowest BCUT2D eigenvalue weighted by molar-refractivity contribution is 0.0324. The fourth-order valence-corrected chi connectivity index (χ4v) is 0.242. The maximum atomic E-state index is 7.88. The summed E-state index contributed by atoms with van der Waals surface area (Å²) in [6, 6.07) is 1.64. The maximum absolute atomic E-state index is 7.88. The molecule has 0 atom stereocenters. The van der Waals surface area contributed by atoms with Gasteiger partial charge in [-0.2, -0.15) is 5.26 Å². The standard InChI is InChI=1S/C5H4N2O/c6-2-1-5-8-7-3-4-7/h3-4H2. The third-order valence-corrected chi connectivity index (χ3v) is 0.688. The van der Waals surface area contributed by atoms with Crippen LogP contribution in [-0.4, -0.2) is 18.2 Å². The molecule has 0 spiro atoms. The van der Waals surface area contributed by atoms with Gasteiger partial charge in [0.05, 0.1) is 19.0 Å². The summed E-state index contributed by atoms with van der Waals surface area (Å²) >= 11 is 0. The Morgan fingerprint density at radius 1 is 1.50 bits per heavy atom. The summed E-state index contributed by atoms with van der Waals surface area (Å²) in [5.41, 5.74) is 0. The Morgan fingerprint density at radius 3 is 2.75 bits per heavy atom. The first-order chi connectivity index (χ1) is 3.93. The third-order valence-electron chi connectivity index (χ3n) is 0.688. The second-order valence-corrected chi connectivity index (χ2v) is 1.36. The molecule has 1 rings (SSSR count). The SMILES string of the molecule is N#CC#CON1CC1. The Morgan fingerprint density at radius 2 is 2.25 bits per heavy atom. The van der Waals surface area contributed by atoms with E-state index in [2.05, 4.69) is 16.9 Å². The van der Waals surface area contributed by atoms with Gasteiger partial charge in [0.25, 0.3) is 0 Å². The van der Waals surface area contributed by atoms with Crippen LogP contribution in [0.15, 0.2) is 0 Å². The molecule has 0 N–H and O–H groups in total. The van der Waals surface area contributed by atoms with E-state index in [1.54, 1.807) is 11.1 Å². The van der Waals surface area contributed by atoms with Crippen LogP contribution in [0.4, 0.5) is 0 Å². The molecule has 8 heavy (non-hydrogen) atoms. The van der Waals surface area contributed by atoms with Gasteiger partial charge < -0.3 is 4.84 Å². The van der Waals surface area contributed by atoms with Gasteiger partial charge in [0.2, 0.25) is 0 Å². The van der Waals surface area contributed by atoms with E-state index < -0.39 is 0 Å². The predicted octanol–water partition coefficient (Wildman–Crippen LogP) is -0.282. The molecule has 0 bridgehead atoms. The van der Waals surface area contributed by atoms with E-state index in [1.807, 2.05) is 0 Å². The molecule has 3 nitrogen and oxygen atoms in total. The molecule has 1 aliphatic rings. The molecule has 1 aliphatic heterocycles. The van der Waals surface area contributed by atoms with E-state index in [0.29, 0.717) is 0 Å². The summed E-state index contributed by atoms with van der Waals surface area (Å²) in [7, 11) is 0. The molecule has 3 heteroatoms. The minimum atomic E-state index is 0.931. The smallest absolute Gasteiger partial charge is 0.155 e. The molecule has 1 saturated heterocycles. The van der Waals surface area contributed by atoms with Crippen molar-refractivity contribution >= 4 is 0 Å². The monoisotopic (exact) mass is 108 g/mol. The van der Waals surface area contributed by atoms with Crippen LogP contribution in [0.25, 0.3) is 0 Å². The molecule has 40 valence electrons. The van der Waals surface area contributed by atoms with Crippen LogP contribution in [0.2, 0.25) is 0 Å². The summed E-state index contributed by atoms with van der Waals surface area (Å²) in [4.78, 5) is 4.64. The second kappa shape index (κ2) is 2.20. The Bertz CT molecular complexity index is 167. The lowest BCUT2D eigenvalue weighted by atomic mass is 10.8. The molecule has 0 aromatic rings. The first-order valence-corrected chi connectivity index (χ1v) is 2.24. The maximum Gasteiger partial charge on any atom is 0.155 e. The van der Waals surface area contributed by atoms with Crippen molar-refractivity contribution in [2.75, 3.05) is 13.1 Å². The highest BCUT2D eigenvalue weighted by atomic mass is 16.7. The van der Waals surface area contributed by atoms with Crippen LogP contribution in [0.1, 0.15) is 0 Å². The van der Waals surface area contributed by atoms with E-state index >= 15 is 0 Å². The van der Waals surface area contributed by atoms with Gasteiger partial charge in [0.1, 0.15) is 0 Å². The molecular formula is C5H4N2O. The lowest BCUT2D eigenvalue weighted by Crippen LogP contribution is -1.89. The number of nitrogens with zero attached hydrogens (tertiary/aromatic N) is 2. The van der Waals surface area contributed by atoms with Gasteiger partial charge in [0.15, 0.2) is 12.2 Å². The molecule has 0 radical (unpaired) electrons. The molecule has 0 unspecified atom stereocenters. The quantitative estimate of drug-likeness (QED) is 0.342. The highest BCUT2D eigenvalue weighted by Crippen LogP contribution is 2.00. The molecule has 0 aromatic heterocycles. The number of rotatable bonds is 1. The van der Waals surface area contributed by atoms with E-state index in [-0.39, 0.29) is 0 Å². The summed E-state index contributed by atoms with van der Waals surface area (Å²) < 4.78 is 0. The highest BCUT2D eigenvalue weighted by molar-refractivity contribution is 5.12. The van der Waals surface area contributed by atoms with Crippen molar-refractivity contribution in [2.45, 2.75) is 0 Å². The van der Waals surface area contributed by atoms with E-state index in [9.17, 15) is 0 Å². The molecule has 0 amide bonds. The van der Waals surface area contributed by atoms with Crippen LogP contribution in [-0.2, 0) is 4.84 Å². The van der Waals surface area contributed by atoms with Crippen LogP contribution in [0.3, 0.4) is 0 Å². The van der Waals surface area contributed by atoms with E-state index in [4.69, 9.17) is 5.26 Å². The van der Waals surface area contributed by atoms with E-state index in [0.717, 1.165) is 13.1 Å². The Balaban J connectivity index is 2.12. The first kappa shape index (κ1) is 4.96. The van der Waals surface area contributed by atoms with Crippen molar-refractivity contribution in [1.82, 2.24) is 5.06 Å². The van der Waals surface area contributed by atoms with Crippen LogP contribution in [0, 0.1) is 23.4 Å². The first-order valence-electron chi connectivity index (χ1n) is 2.24. The summed E-state index contributed by atoms with van der Waals surface area (Å²) in [5, 5.41) is 9.53. The van der Waals surface area contributed by atoms with Crippen LogP contribution in [0.5, 0.6) is 0 Å². The van der Waals surface area contributed by atoms with Gasteiger partial charge in [-0.25, -0.2) is 0 Å². The molecule has 0 saturated carbocycles. The zero-order valence-corrected chi connectivity index (χ0v) is 4.22. The largest absolute Gasteiger partial charge is 0.352 e. The van der Waals surface area contributed by atoms with Crippen molar-refractivity contribution in [1.29, 1.82) is 5.26 Å². The molecule has 1 heterocycles. The second-order valence-electron chi connectivity index (χ2n) is 1.36. The summed E-state index contributed by atoms with van der Waals surface area (Å²) in [5.74, 6) is 2.11. The van der Waals surface area contributed by atoms with Gasteiger partial charge in [-0.05, 0) is 0 Å². The fourth-order valence-electron chi connectivity index (χ4n) is 0.242. The normalized spacial score (nSPS) is 15.4.